The largest absolute Gasteiger partial charge is 0.269 e. The van der Waals surface area contributed by atoms with Gasteiger partial charge >= 0.3 is 0 Å². The highest BCUT2D eigenvalue weighted by Crippen LogP contribution is 2.28. The van der Waals surface area contributed by atoms with Crippen molar-refractivity contribution < 1.29 is 0 Å². The number of rotatable bonds is 3. The van der Waals surface area contributed by atoms with Crippen molar-refractivity contribution in [2.24, 2.45) is 0 Å². The van der Waals surface area contributed by atoms with E-state index in [1.54, 1.807) is 0 Å². The van der Waals surface area contributed by atoms with Crippen LogP contribution in [0.2, 0.25) is 0 Å². The molecule has 0 aromatic carbocycles. The Hall–Kier alpha value is -1.64. The number of hydrogen-bond donors (Lipinski definition) is 0. The average Bonchev–Trinajstić information content (AvgIpc) is 2.62. The Morgan fingerprint density at radius 3 is 2.42 bits per heavy atom. The van der Waals surface area contributed by atoms with Gasteiger partial charge in [0.25, 0.3) is 0 Å². The third-order valence-corrected chi connectivity index (χ3v) is 3.44. The van der Waals surface area contributed by atoms with Crippen LogP contribution in [-0.4, -0.2) is 14.8 Å². The van der Waals surface area contributed by atoms with E-state index in [9.17, 15) is 0 Å². The van der Waals surface area contributed by atoms with Gasteiger partial charge in [-0.15, -0.1) is 0 Å². The molecular weight excluding hydrogens is 234 g/mol. The predicted octanol–water partition coefficient (Wildman–Crippen LogP) is 3.44. The van der Waals surface area contributed by atoms with Gasteiger partial charge in [0.05, 0.1) is 5.69 Å². The predicted molar refractivity (Wildman–Crippen MR) is 78.3 cm³/mol. The van der Waals surface area contributed by atoms with Gasteiger partial charge in [0.15, 0.2) is 0 Å². The smallest absolute Gasteiger partial charge is 0.0633 e. The summed E-state index contributed by atoms with van der Waals surface area (Å²) in [6.45, 7) is 11.9. The summed E-state index contributed by atoms with van der Waals surface area (Å²) in [6, 6.07) is 6.05. The van der Waals surface area contributed by atoms with E-state index in [4.69, 9.17) is 0 Å². The van der Waals surface area contributed by atoms with Crippen molar-refractivity contribution in [3.8, 4) is 0 Å². The van der Waals surface area contributed by atoms with Gasteiger partial charge in [-0.2, -0.15) is 5.10 Å². The number of aromatic nitrogens is 3. The highest BCUT2D eigenvalue weighted by molar-refractivity contribution is 5.31. The normalized spacial score (nSPS) is 11.8. The second-order valence-corrected chi connectivity index (χ2v) is 6.09. The van der Waals surface area contributed by atoms with Crippen molar-refractivity contribution in [2.45, 2.75) is 53.0 Å². The first-order valence-electron chi connectivity index (χ1n) is 6.84. The van der Waals surface area contributed by atoms with Crippen LogP contribution in [0.4, 0.5) is 0 Å². The van der Waals surface area contributed by atoms with Gasteiger partial charge in [-0.25, -0.2) is 0 Å². The molecule has 0 fully saturated rings. The first kappa shape index (κ1) is 13.8. The molecule has 19 heavy (non-hydrogen) atoms. The molecule has 0 aliphatic rings. The molecule has 2 rings (SSSR count). The first-order valence-corrected chi connectivity index (χ1v) is 6.84. The number of aryl methyl sites for hydroxylation is 3. The van der Waals surface area contributed by atoms with Crippen molar-refractivity contribution in [1.82, 2.24) is 14.8 Å². The van der Waals surface area contributed by atoms with Gasteiger partial charge in [0, 0.05) is 36.1 Å². The van der Waals surface area contributed by atoms with Crippen molar-refractivity contribution in [1.29, 1.82) is 0 Å². The van der Waals surface area contributed by atoms with Crippen LogP contribution in [0, 0.1) is 13.8 Å². The van der Waals surface area contributed by atoms with E-state index in [1.807, 2.05) is 18.3 Å². The van der Waals surface area contributed by atoms with Gasteiger partial charge in [0.1, 0.15) is 0 Å². The van der Waals surface area contributed by atoms with E-state index >= 15 is 0 Å². The first-order chi connectivity index (χ1) is 8.89. The van der Waals surface area contributed by atoms with Crippen LogP contribution >= 0.6 is 0 Å². The summed E-state index contributed by atoms with van der Waals surface area (Å²) in [6.07, 6.45) is 2.77. The lowest BCUT2D eigenvalue weighted by molar-refractivity contribution is 0.566. The SMILES string of the molecule is Cc1nn(CCc2ccccn2)c(C)c1C(C)(C)C. The molecule has 0 saturated heterocycles. The number of pyridine rings is 1. The van der Waals surface area contributed by atoms with Crippen LogP contribution in [0.25, 0.3) is 0 Å². The van der Waals surface area contributed by atoms with Gasteiger partial charge in [-0.05, 0) is 31.4 Å². The Morgan fingerprint density at radius 1 is 1.16 bits per heavy atom. The fourth-order valence-electron chi connectivity index (χ4n) is 2.77. The lowest BCUT2D eigenvalue weighted by Crippen LogP contribution is -2.14. The molecule has 0 amide bonds. The molecule has 0 bridgehead atoms. The second kappa shape index (κ2) is 5.16. The molecule has 2 aromatic heterocycles. The Balaban J connectivity index is 2.19. The average molecular weight is 257 g/mol. The Labute approximate surface area is 115 Å². The maximum absolute atomic E-state index is 4.68. The van der Waals surface area contributed by atoms with E-state index < -0.39 is 0 Å². The van der Waals surface area contributed by atoms with E-state index in [0.29, 0.717) is 0 Å². The molecule has 0 unspecified atom stereocenters. The van der Waals surface area contributed by atoms with Crippen molar-refractivity contribution in [2.75, 3.05) is 0 Å². The van der Waals surface area contributed by atoms with E-state index in [-0.39, 0.29) is 5.41 Å². The summed E-state index contributed by atoms with van der Waals surface area (Å²) in [5, 5.41) is 4.68. The third-order valence-electron chi connectivity index (χ3n) is 3.44. The molecule has 0 aliphatic heterocycles. The van der Waals surface area contributed by atoms with Crippen LogP contribution in [0.1, 0.15) is 43.4 Å². The third kappa shape index (κ3) is 3.03. The van der Waals surface area contributed by atoms with Crippen LogP contribution in [-0.2, 0) is 18.4 Å². The molecule has 0 aliphatic carbocycles. The standard InChI is InChI=1S/C16H23N3/c1-12-15(16(3,4)5)13(2)19(18-12)11-9-14-8-6-7-10-17-14/h6-8,10H,9,11H2,1-5H3. The van der Waals surface area contributed by atoms with Crippen LogP contribution in [0.15, 0.2) is 24.4 Å². The quantitative estimate of drug-likeness (QED) is 0.843. The molecule has 0 radical (unpaired) electrons. The van der Waals surface area contributed by atoms with Crippen molar-refractivity contribution in [3.63, 3.8) is 0 Å². The van der Waals surface area contributed by atoms with E-state index in [0.717, 1.165) is 24.4 Å². The fourth-order valence-corrected chi connectivity index (χ4v) is 2.77. The second-order valence-electron chi connectivity index (χ2n) is 6.09. The van der Waals surface area contributed by atoms with Crippen molar-refractivity contribution >= 4 is 0 Å². The monoisotopic (exact) mass is 257 g/mol. The minimum atomic E-state index is 0.150. The topological polar surface area (TPSA) is 30.7 Å². The maximum atomic E-state index is 4.68. The Kier molecular flexibility index (Phi) is 3.74. The molecule has 2 heterocycles. The summed E-state index contributed by atoms with van der Waals surface area (Å²) in [5.74, 6) is 0. The summed E-state index contributed by atoms with van der Waals surface area (Å²) < 4.78 is 2.12. The molecule has 0 saturated carbocycles. The summed E-state index contributed by atoms with van der Waals surface area (Å²) in [5.41, 5.74) is 5.06. The molecule has 3 heteroatoms. The lowest BCUT2D eigenvalue weighted by atomic mass is 9.85. The highest BCUT2D eigenvalue weighted by Gasteiger charge is 2.23. The van der Waals surface area contributed by atoms with Gasteiger partial charge < -0.3 is 0 Å². The van der Waals surface area contributed by atoms with Crippen LogP contribution in [0.5, 0.6) is 0 Å². The molecule has 0 N–H and O–H groups in total. The zero-order valence-electron chi connectivity index (χ0n) is 12.6. The number of hydrogen-bond acceptors (Lipinski definition) is 2. The van der Waals surface area contributed by atoms with E-state index in [2.05, 4.69) is 55.4 Å². The van der Waals surface area contributed by atoms with Gasteiger partial charge in [-0.1, -0.05) is 26.8 Å². The fraction of sp³-hybridized carbons (Fsp3) is 0.500. The van der Waals surface area contributed by atoms with Gasteiger partial charge in [0.2, 0.25) is 0 Å². The molecule has 0 spiro atoms. The molecule has 0 atom stereocenters. The van der Waals surface area contributed by atoms with Gasteiger partial charge in [-0.3, -0.25) is 9.67 Å². The maximum Gasteiger partial charge on any atom is 0.0633 e. The molecular formula is C16H23N3. The zero-order chi connectivity index (χ0) is 14.0. The highest BCUT2D eigenvalue weighted by atomic mass is 15.3. The molecule has 102 valence electrons. The van der Waals surface area contributed by atoms with Crippen LogP contribution in [0.3, 0.4) is 0 Å². The van der Waals surface area contributed by atoms with E-state index in [1.165, 1.54) is 11.3 Å². The molecule has 3 nitrogen and oxygen atoms in total. The zero-order valence-corrected chi connectivity index (χ0v) is 12.6. The van der Waals surface area contributed by atoms with Crippen LogP contribution < -0.4 is 0 Å². The number of nitrogens with zero attached hydrogens (tertiary/aromatic N) is 3. The minimum absolute atomic E-state index is 0.150. The summed E-state index contributed by atoms with van der Waals surface area (Å²) in [7, 11) is 0. The minimum Gasteiger partial charge on any atom is -0.269 e. The Bertz CT molecular complexity index is 547. The van der Waals surface area contributed by atoms with Crippen molar-refractivity contribution in [3.05, 3.63) is 47.0 Å². The Morgan fingerprint density at radius 2 is 1.89 bits per heavy atom. The summed E-state index contributed by atoms with van der Waals surface area (Å²) >= 11 is 0. The molecule has 2 aromatic rings. The summed E-state index contributed by atoms with van der Waals surface area (Å²) in [4.78, 5) is 4.36. The lowest BCUT2D eigenvalue weighted by Gasteiger charge is -2.19.